The highest BCUT2D eigenvalue weighted by molar-refractivity contribution is 5.98. The highest BCUT2D eigenvalue weighted by Crippen LogP contribution is 2.28. The molecular formula is C13H10F2N2O5. The zero-order valence-electron chi connectivity index (χ0n) is 11.3. The zero-order chi connectivity index (χ0) is 16.7. The average molecular weight is 312 g/mol. The number of carbonyl (C=O) groups excluding carboxylic acids is 1. The van der Waals surface area contributed by atoms with Crippen LogP contribution in [0.15, 0.2) is 23.8 Å². The van der Waals surface area contributed by atoms with Crippen LogP contribution in [0.5, 0.6) is 5.75 Å². The molecule has 0 bridgehead atoms. The van der Waals surface area contributed by atoms with Crippen LogP contribution in [0.2, 0.25) is 0 Å². The number of rotatable bonds is 6. The van der Waals surface area contributed by atoms with Gasteiger partial charge in [-0.3, -0.25) is 10.1 Å². The van der Waals surface area contributed by atoms with Gasteiger partial charge >= 0.3 is 12.6 Å². The van der Waals surface area contributed by atoms with Gasteiger partial charge in [0.1, 0.15) is 17.4 Å². The van der Waals surface area contributed by atoms with Crippen LogP contribution in [0.1, 0.15) is 12.5 Å². The van der Waals surface area contributed by atoms with E-state index in [1.54, 1.807) is 0 Å². The SMILES string of the molecule is CCOC(=O)/C(C#N)=C\c1cc([N+](=O)[O-])ccc1OC(F)F. The van der Waals surface area contributed by atoms with Gasteiger partial charge in [-0.15, -0.1) is 0 Å². The highest BCUT2D eigenvalue weighted by atomic mass is 19.3. The van der Waals surface area contributed by atoms with Gasteiger partial charge in [0.05, 0.1) is 11.5 Å². The number of non-ortho nitro benzene ring substituents is 1. The molecule has 0 amide bonds. The van der Waals surface area contributed by atoms with Crippen LogP contribution in [-0.4, -0.2) is 24.1 Å². The Bertz CT molecular complexity index is 652. The van der Waals surface area contributed by atoms with Gasteiger partial charge in [0.25, 0.3) is 5.69 Å². The third kappa shape index (κ3) is 4.52. The predicted octanol–water partition coefficient (Wildman–Crippen LogP) is 2.67. The van der Waals surface area contributed by atoms with Crippen molar-refractivity contribution in [1.82, 2.24) is 0 Å². The lowest BCUT2D eigenvalue weighted by Crippen LogP contribution is -2.07. The van der Waals surface area contributed by atoms with Crippen LogP contribution >= 0.6 is 0 Å². The van der Waals surface area contributed by atoms with E-state index in [1.165, 1.54) is 13.0 Å². The summed E-state index contributed by atoms with van der Waals surface area (Å²) >= 11 is 0. The summed E-state index contributed by atoms with van der Waals surface area (Å²) in [5.41, 5.74) is -1.12. The van der Waals surface area contributed by atoms with E-state index >= 15 is 0 Å². The molecule has 0 radical (unpaired) electrons. The summed E-state index contributed by atoms with van der Waals surface area (Å²) in [7, 11) is 0. The van der Waals surface area contributed by atoms with Crippen molar-refractivity contribution in [2.45, 2.75) is 13.5 Å². The summed E-state index contributed by atoms with van der Waals surface area (Å²) in [5, 5.41) is 19.6. The molecule has 0 heterocycles. The van der Waals surface area contributed by atoms with Crippen molar-refractivity contribution in [2.24, 2.45) is 0 Å². The van der Waals surface area contributed by atoms with Crippen LogP contribution in [0, 0.1) is 21.4 Å². The quantitative estimate of drug-likeness (QED) is 0.263. The van der Waals surface area contributed by atoms with E-state index in [4.69, 9.17) is 5.26 Å². The number of hydrogen-bond acceptors (Lipinski definition) is 6. The van der Waals surface area contributed by atoms with E-state index in [9.17, 15) is 23.7 Å². The maximum atomic E-state index is 12.3. The Kier molecular flexibility index (Phi) is 5.95. The second-order valence-corrected chi connectivity index (χ2v) is 3.75. The molecule has 22 heavy (non-hydrogen) atoms. The standard InChI is InChI=1S/C13H10F2N2O5/c1-2-21-12(18)9(7-16)5-8-6-10(17(19)20)3-4-11(8)22-13(14)15/h3-6,13H,2H2,1H3/b9-5-. The number of halogens is 2. The van der Waals surface area contributed by atoms with Crippen molar-refractivity contribution in [3.63, 3.8) is 0 Å². The average Bonchev–Trinajstić information content (AvgIpc) is 2.45. The molecule has 0 N–H and O–H groups in total. The lowest BCUT2D eigenvalue weighted by Gasteiger charge is -2.08. The van der Waals surface area contributed by atoms with Gasteiger partial charge in [-0.2, -0.15) is 14.0 Å². The molecule has 0 unspecified atom stereocenters. The number of nitrogens with zero attached hydrogens (tertiary/aromatic N) is 2. The first-order chi connectivity index (χ1) is 10.4. The first-order valence-electron chi connectivity index (χ1n) is 5.91. The largest absolute Gasteiger partial charge is 0.462 e. The molecule has 1 aromatic carbocycles. The second kappa shape index (κ2) is 7.68. The minimum atomic E-state index is -3.17. The second-order valence-electron chi connectivity index (χ2n) is 3.75. The lowest BCUT2D eigenvalue weighted by atomic mass is 10.1. The number of benzene rings is 1. The van der Waals surface area contributed by atoms with Crippen molar-refractivity contribution in [3.8, 4) is 11.8 Å². The normalized spacial score (nSPS) is 11.0. The van der Waals surface area contributed by atoms with Crippen molar-refractivity contribution in [1.29, 1.82) is 5.26 Å². The molecule has 7 nitrogen and oxygen atoms in total. The molecule has 0 aliphatic carbocycles. The first-order valence-corrected chi connectivity index (χ1v) is 5.91. The summed E-state index contributed by atoms with van der Waals surface area (Å²) in [6.07, 6.45) is 0.892. The van der Waals surface area contributed by atoms with Gasteiger partial charge < -0.3 is 9.47 Å². The van der Waals surface area contributed by atoms with E-state index in [2.05, 4.69) is 9.47 Å². The maximum Gasteiger partial charge on any atom is 0.387 e. The number of ether oxygens (including phenoxy) is 2. The van der Waals surface area contributed by atoms with Gasteiger partial charge in [-0.25, -0.2) is 4.79 Å². The molecule has 0 atom stereocenters. The molecule has 0 aliphatic rings. The van der Waals surface area contributed by atoms with Crippen LogP contribution in [0.4, 0.5) is 14.5 Å². The fourth-order valence-corrected chi connectivity index (χ4v) is 1.47. The summed E-state index contributed by atoms with van der Waals surface area (Å²) in [6, 6.07) is 4.37. The van der Waals surface area contributed by atoms with Crippen LogP contribution in [0.3, 0.4) is 0 Å². The molecule has 116 valence electrons. The van der Waals surface area contributed by atoms with Crippen molar-refractivity contribution in [2.75, 3.05) is 6.61 Å². The third-order valence-electron chi connectivity index (χ3n) is 2.34. The Labute approximate surface area is 123 Å². The van der Waals surface area contributed by atoms with E-state index in [-0.39, 0.29) is 12.2 Å². The summed E-state index contributed by atoms with van der Waals surface area (Å²) < 4.78 is 33.5. The number of alkyl halides is 2. The monoisotopic (exact) mass is 312 g/mol. The summed E-state index contributed by atoms with van der Waals surface area (Å²) in [5.74, 6) is -1.38. The number of esters is 1. The van der Waals surface area contributed by atoms with Crippen LogP contribution in [-0.2, 0) is 9.53 Å². The smallest absolute Gasteiger partial charge is 0.387 e. The molecule has 0 saturated carbocycles. The van der Waals surface area contributed by atoms with Crippen LogP contribution in [0.25, 0.3) is 6.08 Å². The van der Waals surface area contributed by atoms with Gasteiger partial charge in [0.15, 0.2) is 0 Å². The van der Waals surface area contributed by atoms with E-state index < -0.39 is 34.5 Å². The molecule has 1 rings (SSSR count). The number of hydrogen-bond donors (Lipinski definition) is 0. The van der Waals surface area contributed by atoms with Crippen LogP contribution < -0.4 is 4.74 Å². The van der Waals surface area contributed by atoms with Crippen molar-refractivity contribution >= 4 is 17.7 Å². The Hall–Kier alpha value is -3.02. The van der Waals surface area contributed by atoms with Gasteiger partial charge in [0, 0.05) is 17.7 Å². The van der Waals surface area contributed by atoms with Crippen molar-refractivity contribution in [3.05, 3.63) is 39.4 Å². The number of carbonyl (C=O) groups is 1. The Balaban J connectivity index is 3.34. The van der Waals surface area contributed by atoms with Gasteiger partial charge in [-0.1, -0.05) is 0 Å². The molecule has 1 aromatic rings. The Morgan fingerprint density at radius 3 is 2.73 bits per heavy atom. The molecule has 9 heteroatoms. The number of nitro benzene ring substituents is 1. The van der Waals surface area contributed by atoms with E-state index in [1.807, 2.05) is 0 Å². The van der Waals surface area contributed by atoms with Gasteiger partial charge in [0.2, 0.25) is 0 Å². The Morgan fingerprint density at radius 2 is 2.23 bits per heavy atom. The lowest BCUT2D eigenvalue weighted by molar-refractivity contribution is -0.384. The number of nitriles is 1. The molecular weight excluding hydrogens is 302 g/mol. The fraction of sp³-hybridized carbons (Fsp3) is 0.231. The molecule has 0 saturated heterocycles. The first kappa shape index (κ1) is 17.0. The van der Waals surface area contributed by atoms with Gasteiger partial charge in [-0.05, 0) is 19.1 Å². The molecule has 0 aliphatic heterocycles. The minimum absolute atomic E-state index is 0.00713. The maximum absolute atomic E-state index is 12.3. The zero-order valence-corrected chi connectivity index (χ0v) is 11.3. The molecule has 0 aromatic heterocycles. The van der Waals surface area contributed by atoms with E-state index in [0.29, 0.717) is 0 Å². The third-order valence-corrected chi connectivity index (χ3v) is 2.34. The summed E-state index contributed by atoms with van der Waals surface area (Å²) in [4.78, 5) is 21.5. The number of nitro groups is 1. The topological polar surface area (TPSA) is 102 Å². The highest BCUT2D eigenvalue weighted by Gasteiger charge is 2.17. The predicted molar refractivity (Wildman–Crippen MR) is 70.0 cm³/mol. The molecule has 0 spiro atoms. The minimum Gasteiger partial charge on any atom is -0.462 e. The summed E-state index contributed by atoms with van der Waals surface area (Å²) in [6.45, 7) is -1.64. The Morgan fingerprint density at radius 1 is 1.55 bits per heavy atom. The van der Waals surface area contributed by atoms with E-state index in [0.717, 1.165) is 24.3 Å². The van der Waals surface area contributed by atoms with Crippen molar-refractivity contribution < 1.29 is 28.0 Å². The fourth-order valence-electron chi connectivity index (χ4n) is 1.47. The molecule has 0 fully saturated rings.